The Kier molecular flexibility index (Phi) is 2.56. The molecule has 5 rings (SSSR count). The summed E-state index contributed by atoms with van der Waals surface area (Å²) in [5.41, 5.74) is 5.39. The Bertz CT molecular complexity index is 690. The number of methoxy groups -OCH3 is 1. The Hall–Kier alpha value is -1.90. The fraction of sp³-hybridized carbons (Fsp3) is 0.412. The third-order valence-corrected chi connectivity index (χ3v) is 4.77. The summed E-state index contributed by atoms with van der Waals surface area (Å²) in [5, 5.41) is 1.32. The van der Waals surface area contributed by atoms with E-state index in [0.717, 1.165) is 11.7 Å². The minimum atomic E-state index is 0.736. The van der Waals surface area contributed by atoms with Crippen molar-refractivity contribution >= 4 is 16.5 Å². The van der Waals surface area contributed by atoms with Crippen LogP contribution in [-0.2, 0) is 0 Å². The number of benzene rings is 1. The predicted octanol–water partition coefficient (Wildman–Crippen LogP) is 3.55. The number of aryl methyl sites for hydroxylation is 1. The highest BCUT2D eigenvalue weighted by atomic mass is 16.5. The molecule has 3 aliphatic rings. The Balaban J connectivity index is 1.89. The van der Waals surface area contributed by atoms with Crippen molar-refractivity contribution in [2.75, 3.05) is 20.2 Å². The molecule has 0 radical (unpaired) electrons. The van der Waals surface area contributed by atoms with E-state index in [1.54, 1.807) is 7.11 Å². The molecule has 2 aromatic rings. The zero-order valence-corrected chi connectivity index (χ0v) is 12.1. The number of aromatic nitrogens is 1. The van der Waals surface area contributed by atoms with Crippen molar-refractivity contribution in [3.63, 3.8) is 0 Å². The van der Waals surface area contributed by atoms with E-state index >= 15 is 0 Å². The summed E-state index contributed by atoms with van der Waals surface area (Å²) in [7, 11) is 1.72. The van der Waals surface area contributed by atoms with Gasteiger partial charge in [0.15, 0.2) is 0 Å². The molecule has 3 aliphatic heterocycles. The van der Waals surface area contributed by atoms with Gasteiger partial charge < -0.3 is 14.6 Å². The van der Waals surface area contributed by atoms with Crippen LogP contribution in [-0.4, -0.2) is 30.1 Å². The van der Waals surface area contributed by atoms with Crippen molar-refractivity contribution in [3.8, 4) is 5.75 Å². The quantitative estimate of drug-likeness (QED) is 0.902. The first-order valence-corrected chi connectivity index (χ1v) is 7.38. The van der Waals surface area contributed by atoms with Crippen LogP contribution in [0.25, 0.3) is 16.5 Å². The number of piperidine rings is 1. The van der Waals surface area contributed by atoms with Gasteiger partial charge in [0.05, 0.1) is 7.11 Å². The highest BCUT2D eigenvalue weighted by Crippen LogP contribution is 2.41. The molecule has 104 valence electrons. The number of rotatable bonds is 2. The van der Waals surface area contributed by atoms with Crippen molar-refractivity contribution in [3.05, 3.63) is 35.7 Å². The molecule has 1 saturated heterocycles. The summed E-state index contributed by atoms with van der Waals surface area (Å²) < 4.78 is 5.32. The topological polar surface area (TPSA) is 28.3 Å². The molecule has 1 aromatic heterocycles. The Labute approximate surface area is 119 Å². The smallest absolute Gasteiger partial charge is 0.120 e. The van der Waals surface area contributed by atoms with E-state index in [0.29, 0.717) is 0 Å². The van der Waals surface area contributed by atoms with Gasteiger partial charge in [-0.25, -0.2) is 0 Å². The number of nitrogens with one attached hydrogen (secondary N) is 1. The molecule has 0 atom stereocenters. The van der Waals surface area contributed by atoms with Gasteiger partial charge in [0.1, 0.15) is 5.75 Å². The summed E-state index contributed by atoms with van der Waals surface area (Å²) in [5.74, 6) is 1.65. The molecule has 0 saturated carbocycles. The summed E-state index contributed by atoms with van der Waals surface area (Å²) in [4.78, 5) is 5.99. The number of aromatic amines is 1. The summed E-state index contributed by atoms with van der Waals surface area (Å²) in [6.07, 6.45) is 4.99. The maximum absolute atomic E-state index is 5.32. The Morgan fingerprint density at radius 3 is 2.70 bits per heavy atom. The van der Waals surface area contributed by atoms with Gasteiger partial charge in [0, 0.05) is 47.5 Å². The number of ether oxygens (including phenoxy) is 1. The van der Waals surface area contributed by atoms with Gasteiger partial charge in [0.25, 0.3) is 0 Å². The van der Waals surface area contributed by atoms with Crippen LogP contribution in [0.4, 0.5) is 0 Å². The molecule has 4 heterocycles. The van der Waals surface area contributed by atoms with Crippen LogP contribution >= 0.6 is 0 Å². The number of allylic oxidation sites excluding steroid dienone is 1. The van der Waals surface area contributed by atoms with Crippen LogP contribution in [0.15, 0.2) is 24.4 Å². The number of nitrogens with zero attached hydrogens (tertiary/aromatic N) is 1. The van der Waals surface area contributed by atoms with Crippen LogP contribution < -0.4 is 4.74 Å². The van der Waals surface area contributed by atoms with Crippen LogP contribution in [0.5, 0.6) is 5.75 Å². The van der Waals surface area contributed by atoms with E-state index in [4.69, 9.17) is 4.74 Å². The van der Waals surface area contributed by atoms with E-state index in [2.05, 4.69) is 41.2 Å². The molecule has 2 bridgehead atoms. The highest BCUT2D eigenvalue weighted by Gasteiger charge is 2.29. The Morgan fingerprint density at radius 1 is 1.25 bits per heavy atom. The van der Waals surface area contributed by atoms with E-state index in [1.807, 2.05) is 0 Å². The third kappa shape index (κ3) is 1.65. The van der Waals surface area contributed by atoms with Crippen LogP contribution in [0, 0.1) is 12.8 Å². The molecular formula is C17H20N2O. The second-order valence-electron chi connectivity index (χ2n) is 5.93. The minimum Gasteiger partial charge on any atom is -0.497 e. The molecule has 0 unspecified atom stereocenters. The van der Waals surface area contributed by atoms with E-state index in [1.165, 1.54) is 53.7 Å². The Morgan fingerprint density at radius 2 is 2.05 bits per heavy atom. The summed E-state index contributed by atoms with van der Waals surface area (Å²) in [6, 6.07) is 6.33. The van der Waals surface area contributed by atoms with Crippen molar-refractivity contribution in [1.29, 1.82) is 0 Å². The molecule has 20 heavy (non-hydrogen) atoms. The monoisotopic (exact) mass is 268 g/mol. The maximum atomic E-state index is 5.32. The summed E-state index contributed by atoms with van der Waals surface area (Å²) in [6.45, 7) is 4.63. The molecule has 1 N–H and O–H groups in total. The van der Waals surface area contributed by atoms with Crippen molar-refractivity contribution in [2.24, 2.45) is 5.92 Å². The number of hydrogen-bond acceptors (Lipinski definition) is 2. The molecule has 0 spiro atoms. The van der Waals surface area contributed by atoms with Gasteiger partial charge in [-0.1, -0.05) is 0 Å². The average molecular weight is 268 g/mol. The molecule has 0 amide bonds. The lowest BCUT2D eigenvalue weighted by Gasteiger charge is -2.39. The van der Waals surface area contributed by atoms with Gasteiger partial charge in [-0.2, -0.15) is 0 Å². The van der Waals surface area contributed by atoms with Crippen molar-refractivity contribution in [2.45, 2.75) is 19.8 Å². The maximum Gasteiger partial charge on any atom is 0.120 e. The molecule has 3 nitrogen and oxygen atoms in total. The first-order valence-electron chi connectivity index (χ1n) is 7.38. The van der Waals surface area contributed by atoms with Gasteiger partial charge in [-0.05, 0) is 43.4 Å². The largest absolute Gasteiger partial charge is 0.497 e. The normalized spacial score (nSPS) is 18.7. The zero-order valence-electron chi connectivity index (χ0n) is 12.1. The number of H-pyrrole nitrogens is 1. The van der Waals surface area contributed by atoms with Crippen LogP contribution in [0.1, 0.15) is 24.1 Å². The van der Waals surface area contributed by atoms with Crippen LogP contribution in [0.3, 0.4) is 0 Å². The van der Waals surface area contributed by atoms with Crippen molar-refractivity contribution in [1.82, 2.24) is 9.88 Å². The number of fused-ring (bicyclic) bond motifs is 3. The standard InChI is InChI=1S/C17H20N2O/c1-11-17(15-10-19-7-5-12(15)6-8-19)14-4-3-13(20-2)9-16(14)18-11/h3-4,9-10,12,18H,5-8H2,1-2H3. The lowest BCUT2D eigenvalue weighted by atomic mass is 9.81. The lowest BCUT2D eigenvalue weighted by molar-refractivity contribution is 0.252. The first-order chi connectivity index (χ1) is 9.76. The predicted molar refractivity (Wildman–Crippen MR) is 81.9 cm³/mol. The van der Waals surface area contributed by atoms with Gasteiger partial charge >= 0.3 is 0 Å². The lowest BCUT2D eigenvalue weighted by Crippen LogP contribution is -2.35. The first kappa shape index (κ1) is 11.9. The fourth-order valence-electron chi connectivity index (χ4n) is 3.72. The zero-order chi connectivity index (χ0) is 13.7. The van der Waals surface area contributed by atoms with Gasteiger partial charge in [0.2, 0.25) is 0 Å². The fourth-order valence-corrected chi connectivity index (χ4v) is 3.72. The van der Waals surface area contributed by atoms with E-state index in [-0.39, 0.29) is 0 Å². The van der Waals surface area contributed by atoms with Gasteiger partial charge in [-0.3, -0.25) is 0 Å². The molecule has 1 fully saturated rings. The molecule has 1 aromatic carbocycles. The van der Waals surface area contributed by atoms with E-state index < -0.39 is 0 Å². The average Bonchev–Trinajstić information content (AvgIpc) is 2.83. The van der Waals surface area contributed by atoms with Crippen LogP contribution in [0.2, 0.25) is 0 Å². The van der Waals surface area contributed by atoms with E-state index in [9.17, 15) is 0 Å². The second-order valence-corrected chi connectivity index (χ2v) is 5.93. The van der Waals surface area contributed by atoms with Gasteiger partial charge in [-0.15, -0.1) is 0 Å². The minimum absolute atomic E-state index is 0.736. The third-order valence-electron chi connectivity index (χ3n) is 4.77. The second kappa shape index (κ2) is 4.30. The van der Waals surface area contributed by atoms with Crippen molar-refractivity contribution < 1.29 is 4.74 Å². The number of hydrogen-bond donors (Lipinski definition) is 1. The molecular weight excluding hydrogens is 248 g/mol. The highest BCUT2D eigenvalue weighted by molar-refractivity contribution is 5.95. The summed E-state index contributed by atoms with van der Waals surface area (Å²) >= 11 is 0. The SMILES string of the molecule is COc1ccc2c(C3=CN4CCC3CC4)c(C)[nH]c2c1. The molecule has 3 heteroatoms. The molecule has 0 aliphatic carbocycles.